The molecule has 1 aromatic rings. The Morgan fingerprint density at radius 3 is 2.38 bits per heavy atom. The fourth-order valence-corrected chi connectivity index (χ4v) is 1.72. The number of anilines is 1. The molecule has 1 rings (SSSR count). The van der Waals surface area contributed by atoms with E-state index in [1.165, 1.54) is 42.2 Å². The van der Waals surface area contributed by atoms with Crippen molar-refractivity contribution in [3.63, 3.8) is 0 Å². The molecule has 21 heavy (non-hydrogen) atoms. The van der Waals surface area contributed by atoms with Crippen LogP contribution < -0.4 is 4.90 Å². The van der Waals surface area contributed by atoms with Crippen LogP contribution in [0.2, 0.25) is 0 Å². The Labute approximate surface area is 122 Å². The van der Waals surface area contributed by atoms with Gasteiger partial charge in [-0.1, -0.05) is 0 Å². The summed E-state index contributed by atoms with van der Waals surface area (Å²) in [6.07, 6.45) is 0. The molecule has 0 saturated heterocycles. The maximum absolute atomic E-state index is 11.9. The number of nitrogens with zero attached hydrogens (tertiary/aromatic N) is 3. The number of carbonyl (C=O) groups is 2. The Morgan fingerprint density at radius 1 is 1.29 bits per heavy atom. The van der Waals surface area contributed by atoms with Gasteiger partial charge in [0.15, 0.2) is 0 Å². The number of rotatable bonds is 5. The topological polar surface area (TPSA) is 93.0 Å². The molecule has 0 aliphatic rings. The molecule has 0 unspecified atom stereocenters. The first-order chi connectivity index (χ1) is 9.77. The summed E-state index contributed by atoms with van der Waals surface area (Å²) < 4.78 is 4.53. The van der Waals surface area contributed by atoms with Crippen molar-refractivity contribution in [1.29, 1.82) is 0 Å². The molecule has 0 fully saturated rings. The van der Waals surface area contributed by atoms with E-state index in [2.05, 4.69) is 4.74 Å². The van der Waals surface area contributed by atoms with Gasteiger partial charge >= 0.3 is 5.97 Å². The van der Waals surface area contributed by atoms with Crippen molar-refractivity contribution in [1.82, 2.24) is 4.90 Å². The van der Waals surface area contributed by atoms with Gasteiger partial charge in [0, 0.05) is 32.8 Å². The minimum atomic E-state index is -0.562. The van der Waals surface area contributed by atoms with Crippen molar-refractivity contribution >= 4 is 23.3 Å². The Balaban J connectivity index is 3.24. The number of nitro groups is 1. The zero-order chi connectivity index (χ0) is 16.2. The van der Waals surface area contributed by atoms with Gasteiger partial charge in [0.25, 0.3) is 11.6 Å². The fourth-order valence-electron chi connectivity index (χ4n) is 1.72. The van der Waals surface area contributed by atoms with Crippen molar-refractivity contribution in [2.45, 2.75) is 0 Å². The molecule has 0 aliphatic carbocycles. The van der Waals surface area contributed by atoms with Crippen LogP contribution in [-0.2, 0) is 9.53 Å². The number of amides is 1. The van der Waals surface area contributed by atoms with E-state index in [1.807, 2.05) is 0 Å². The van der Waals surface area contributed by atoms with E-state index >= 15 is 0 Å². The third-order valence-corrected chi connectivity index (χ3v) is 2.83. The number of hydrogen-bond donors (Lipinski definition) is 0. The largest absolute Gasteiger partial charge is 0.468 e. The summed E-state index contributed by atoms with van der Waals surface area (Å²) in [5.41, 5.74) is 0.298. The van der Waals surface area contributed by atoms with Gasteiger partial charge in [-0.3, -0.25) is 19.7 Å². The SMILES string of the molecule is COC(=O)CN(C)c1cc(C(=O)N(C)C)ccc1[N+](=O)[O-]. The van der Waals surface area contributed by atoms with Crippen LogP contribution in [0.15, 0.2) is 18.2 Å². The highest BCUT2D eigenvalue weighted by atomic mass is 16.6. The van der Waals surface area contributed by atoms with Crippen molar-refractivity contribution in [2.75, 3.05) is 39.7 Å². The van der Waals surface area contributed by atoms with Crippen molar-refractivity contribution in [3.8, 4) is 0 Å². The standard InChI is InChI=1S/C13H17N3O5/c1-14(2)13(18)9-5-6-10(16(19)20)11(7-9)15(3)8-12(17)21-4/h5-7H,8H2,1-4H3. The van der Waals surface area contributed by atoms with Gasteiger partial charge in [-0.15, -0.1) is 0 Å². The Morgan fingerprint density at radius 2 is 1.90 bits per heavy atom. The number of esters is 1. The van der Waals surface area contributed by atoms with E-state index in [0.29, 0.717) is 5.56 Å². The summed E-state index contributed by atoms with van der Waals surface area (Å²) in [7, 11) is 5.92. The molecule has 1 amide bonds. The van der Waals surface area contributed by atoms with E-state index in [0.717, 1.165) is 0 Å². The fraction of sp³-hybridized carbons (Fsp3) is 0.385. The van der Waals surface area contributed by atoms with Crippen LogP contribution in [-0.4, -0.2) is 56.5 Å². The average molecular weight is 295 g/mol. The lowest BCUT2D eigenvalue weighted by molar-refractivity contribution is -0.384. The molecule has 0 heterocycles. The monoisotopic (exact) mass is 295 g/mol. The minimum Gasteiger partial charge on any atom is -0.468 e. The Bertz CT molecular complexity index is 571. The highest BCUT2D eigenvalue weighted by Gasteiger charge is 2.21. The van der Waals surface area contributed by atoms with E-state index in [9.17, 15) is 19.7 Å². The van der Waals surface area contributed by atoms with Crippen LogP contribution in [0.3, 0.4) is 0 Å². The normalized spacial score (nSPS) is 9.90. The molecular weight excluding hydrogens is 278 g/mol. The lowest BCUT2D eigenvalue weighted by Crippen LogP contribution is -2.28. The van der Waals surface area contributed by atoms with Crippen LogP contribution in [0, 0.1) is 10.1 Å². The number of ether oxygens (including phenoxy) is 1. The summed E-state index contributed by atoms with van der Waals surface area (Å²) in [6, 6.07) is 4.03. The molecule has 8 heteroatoms. The number of nitro benzene ring substituents is 1. The number of carbonyl (C=O) groups excluding carboxylic acids is 2. The van der Waals surface area contributed by atoms with Crippen LogP contribution in [0.25, 0.3) is 0 Å². The minimum absolute atomic E-state index is 0.156. The molecule has 0 saturated carbocycles. The molecule has 0 spiro atoms. The molecule has 1 aromatic carbocycles. The van der Waals surface area contributed by atoms with E-state index in [-0.39, 0.29) is 23.8 Å². The average Bonchev–Trinajstić information content (AvgIpc) is 2.45. The summed E-state index contributed by atoms with van der Waals surface area (Å²) in [5.74, 6) is -0.811. The quantitative estimate of drug-likeness (QED) is 0.455. The van der Waals surface area contributed by atoms with Gasteiger partial charge in [0.05, 0.1) is 12.0 Å². The second kappa shape index (κ2) is 6.69. The van der Waals surface area contributed by atoms with Crippen molar-refractivity contribution < 1.29 is 19.2 Å². The van der Waals surface area contributed by atoms with E-state index in [4.69, 9.17) is 0 Å². The van der Waals surface area contributed by atoms with Gasteiger partial charge in [-0.25, -0.2) is 0 Å². The predicted octanol–water partition coefficient (Wildman–Crippen LogP) is 0.906. The molecule has 0 bridgehead atoms. The van der Waals surface area contributed by atoms with Gasteiger partial charge < -0.3 is 14.5 Å². The summed E-state index contributed by atoms with van der Waals surface area (Å²) in [6.45, 7) is -0.156. The van der Waals surface area contributed by atoms with Crippen molar-refractivity contribution in [2.24, 2.45) is 0 Å². The van der Waals surface area contributed by atoms with Crippen LogP contribution in [0.1, 0.15) is 10.4 Å². The maximum Gasteiger partial charge on any atom is 0.325 e. The molecule has 114 valence electrons. The second-order valence-corrected chi connectivity index (χ2v) is 4.59. The van der Waals surface area contributed by atoms with Crippen LogP contribution in [0.5, 0.6) is 0 Å². The third kappa shape index (κ3) is 3.91. The third-order valence-electron chi connectivity index (χ3n) is 2.83. The molecule has 0 radical (unpaired) electrons. The smallest absolute Gasteiger partial charge is 0.325 e. The van der Waals surface area contributed by atoms with Crippen molar-refractivity contribution in [3.05, 3.63) is 33.9 Å². The van der Waals surface area contributed by atoms with Crippen LogP contribution in [0.4, 0.5) is 11.4 Å². The first kappa shape index (κ1) is 16.4. The van der Waals surface area contributed by atoms with E-state index < -0.39 is 10.9 Å². The highest BCUT2D eigenvalue weighted by Crippen LogP contribution is 2.28. The zero-order valence-corrected chi connectivity index (χ0v) is 12.3. The number of hydrogen-bond acceptors (Lipinski definition) is 6. The highest BCUT2D eigenvalue weighted by molar-refractivity contribution is 5.96. The first-order valence-electron chi connectivity index (χ1n) is 6.06. The molecule has 0 aromatic heterocycles. The Hall–Kier alpha value is -2.64. The van der Waals surface area contributed by atoms with Gasteiger partial charge in [-0.2, -0.15) is 0 Å². The van der Waals surface area contributed by atoms with Gasteiger partial charge in [-0.05, 0) is 12.1 Å². The first-order valence-corrected chi connectivity index (χ1v) is 6.06. The summed E-state index contributed by atoms with van der Waals surface area (Å²) >= 11 is 0. The number of benzene rings is 1. The molecule has 8 nitrogen and oxygen atoms in total. The Kier molecular flexibility index (Phi) is 5.23. The lowest BCUT2D eigenvalue weighted by Gasteiger charge is -2.19. The molecule has 0 atom stereocenters. The van der Waals surface area contributed by atoms with E-state index in [1.54, 1.807) is 14.1 Å². The summed E-state index contributed by atoms with van der Waals surface area (Å²) in [5, 5.41) is 11.1. The number of likely N-dealkylation sites (N-methyl/N-ethyl adjacent to an activating group) is 1. The second-order valence-electron chi connectivity index (χ2n) is 4.59. The lowest BCUT2D eigenvalue weighted by atomic mass is 10.1. The molecule has 0 aliphatic heterocycles. The maximum atomic E-state index is 11.9. The van der Waals surface area contributed by atoms with Crippen LogP contribution >= 0.6 is 0 Å². The predicted molar refractivity (Wildman–Crippen MR) is 76.4 cm³/mol. The number of methoxy groups -OCH3 is 1. The molecule has 0 N–H and O–H groups in total. The summed E-state index contributed by atoms with van der Waals surface area (Å²) in [4.78, 5) is 36.5. The molecular formula is C13H17N3O5. The van der Waals surface area contributed by atoms with Gasteiger partial charge in [0.1, 0.15) is 12.2 Å². The van der Waals surface area contributed by atoms with Gasteiger partial charge in [0.2, 0.25) is 0 Å². The zero-order valence-electron chi connectivity index (χ0n) is 12.3.